The van der Waals surface area contributed by atoms with E-state index in [-0.39, 0.29) is 17.9 Å². The van der Waals surface area contributed by atoms with Crippen LogP contribution in [0.25, 0.3) is 16.7 Å². The number of rotatable bonds is 4. The van der Waals surface area contributed by atoms with Crippen LogP contribution < -0.4 is 10.2 Å². The smallest absolute Gasteiger partial charge is 0.223 e. The summed E-state index contributed by atoms with van der Waals surface area (Å²) in [4.78, 5) is 20.1. The second kappa shape index (κ2) is 8.58. The van der Waals surface area contributed by atoms with Gasteiger partial charge in [0.05, 0.1) is 23.7 Å². The zero-order valence-corrected chi connectivity index (χ0v) is 19.2. The fourth-order valence-electron chi connectivity index (χ4n) is 4.79. The number of aryl methyl sites for hydroxylation is 3. The number of nitrogens with one attached hydrogen (secondary N) is 1. The maximum atomic E-state index is 12.7. The van der Waals surface area contributed by atoms with Crippen LogP contribution in [0.1, 0.15) is 36.0 Å². The Morgan fingerprint density at radius 2 is 1.75 bits per heavy atom. The molecule has 2 saturated heterocycles. The highest BCUT2D eigenvalue weighted by molar-refractivity contribution is 5.83. The molecule has 0 aliphatic carbocycles. The van der Waals surface area contributed by atoms with E-state index in [0.717, 1.165) is 61.6 Å². The molecule has 3 aromatic rings. The molecule has 2 aliphatic rings. The van der Waals surface area contributed by atoms with Crippen molar-refractivity contribution in [3.63, 3.8) is 0 Å². The van der Waals surface area contributed by atoms with Crippen LogP contribution in [0.5, 0.6) is 0 Å². The van der Waals surface area contributed by atoms with Crippen LogP contribution in [0, 0.1) is 26.7 Å². The minimum atomic E-state index is 0.0635. The molecule has 6 heteroatoms. The molecule has 1 unspecified atom stereocenters. The van der Waals surface area contributed by atoms with Crippen molar-refractivity contribution in [2.45, 2.75) is 46.1 Å². The summed E-state index contributed by atoms with van der Waals surface area (Å²) < 4.78 is 7.67. The summed E-state index contributed by atoms with van der Waals surface area (Å²) in [5.41, 5.74) is 7.04. The Bertz CT molecular complexity index is 1120. The first-order chi connectivity index (χ1) is 15.5. The Morgan fingerprint density at radius 1 is 1.03 bits per heavy atom. The number of anilines is 1. The van der Waals surface area contributed by atoms with Gasteiger partial charge in [0, 0.05) is 31.3 Å². The van der Waals surface area contributed by atoms with Gasteiger partial charge in [-0.1, -0.05) is 17.7 Å². The van der Waals surface area contributed by atoms with Crippen molar-refractivity contribution in [2.24, 2.45) is 5.92 Å². The predicted molar refractivity (Wildman–Crippen MR) is 128 cm³/mol. The van der Waals surface area contributed by atoms with E-state index in [1.165, 1.54) is 16.7 Å². The number of ether oxygens (including phenoxy) is 1. The van der Waals surface area contributed by atoms with Crippen molar-refractivity contribution in [1.29, 1.82) is 0 Å². The van der Waals surface area contributed by atoms with Gasteiger partial charge in [-0.05, 0) is 75.4 Å². The molecule has 2 aliphatic heterocycles. The van der Waals surface area contributed by atoms with Gasteiger partial charge in [-0.2, -0.15) is 0 Å². The summed E-state index contributed by atoms with van der Waals surface area (Å²) >= 11 is 0. The number of hydrogen-bond donors (Lipinski definition) is 1. The standard InChI is InChI=1S/C26H32N4O2/c1-17-4-6-22(7-5-17)30-24-15-19(3)18(2)14-23(24)28-26(30)29-11-8-20(9-12-29)25(31)27-21-10-13-32-16-21/h4-7,14-15,20-21H,8-13,16H2,1-3H3,(H,27,31). The third-order valence-electron chi connectivity index (χ3n) is 6.97. The highest BCUT2D eigenvalue weighted by atomic mass is 16.5. The maximum absolute atomic E-state index is 12.7. The van der Waals surface area contributed by atoms with Crippen LogP contribution >= 0.6 is 0 Å². The molecule has 32 heavy (non-hydrogen) atoms. The van der Waals surface area contributed by atoms with Gasteiger partial charge in [-0.25, -0.2) is 4.98 Å². The molecule has 1 atom stereocenters. The van der Waals surface area contributed by atoms with Gasteiger partial charge in [-0.15, -0.1) is 0 Å². The Balaban J connectivity index is 1.42. The van der Waals surface area contributed by atoms with Crippen molar-refractivity contribution in [3.05, 3.63) is 53.1 Å². The zero-order chi connectivity index (χ0) is 22.2. The number of hydrogen-bond acceptors (Lipinski definition) is 4. The van der Waals surface area contributed by atoms with E-state index in [4.69, 9.17) is 9.72 Å². The lowest BCUT2D eigenvalue weighted by Crippen LogP contribution is -2.44. The number of carbonyl (C=O) groups is 1. The van der Waals surface area contributed by atoms with Crippen LogP contribution in [0.3, 0.4) is 0 Å². The van der Waals surface area contributed by atoms with Crippen molar-refractivity contribution in [1.82, 2.24) is 14.9 Å². The SMILES string of the molecule is Cc1ccc(-n2c(N3CCC(C(=O)NC4CCOC4)CC3)nc3cc(C)c(C)cc32)cc1. The number of amides is 1. The summed E-state index contributed by atoms with van der Waals surface area (Å²) in [5.74, 6) is 1.21. The predicted octanol–water partition coefficient (Wildman–Crippen LogP) is 4.07. The Labute approximate surface area is 189 Å². The Hall–Kier alpha value is -2.86. The van der Waals surface area contributed by atoms with Gasteiger partial charge in [0.25, 0.3) is 0 Å². The van der Waals surface area contributed by atoms with E-state index in [9.17, 15) is 4.79 Å². The van der Waals surface area contributed by atoms with Crippen molar-refractivity contribution in [3.8, 4) is 5.69 Å². The fourth-order valence-corrected chi connectivity index (χ4v) is 4.79. The minimum Gasteiger partial charge on any atom is -0.379 e. The highest BCUT2D eigenvalue weighted by Crippen LogP contribution is 2.31. The van der Waals surface area contributed by atoms with Crippen LogP contribution in [0.4, 0.5) is 5.95 Å². The molecule has 0 bridgehead atoms. The highest BCUT2D eigenvalue weighted by Gasteiger charge is 2.30. The van der Waals surface area contributed by atoms with E-state index >= 15 is 0 Å². The quantitative estimate of drug-likeness (QED) is 0.675. The average Bonchev–Trinajstić information content (AvgIpc) is 3.43. The minimum absolute atomic E-state index is 0.0635. The molecular formula is C26H32N4O2. The maximum Gasteiger partial charge on any atom is 0.223 e. The lowest BCUT2D eigenvalue weighted by atomic mass is 9.95. The third-order valence-corrected chi connectivity index (χ3v) is 6.97. The lowest BCUT2D eigenvalue weighted by Gasteiger charge is -2.32. The molecule has 2 fully saturated rings. The molecule has 6 nitrogen and oxygen atoms in total. The number of piperidine rings is 1. The van der Waals surface area contributed by atoms with Crippen LogP contribution in [-0.4, -0.2) is 47.8 Å². The molecule has 2 aromatic carbocycles. The Kier molecular flexibility index (Phi) is 5.64. The van der Waals surface area contributed by atoms with Crippen LogP contribution in [0.2, 0.25) is 0 Å². The molecule has 0 saturated carbocycles. The molecule has 5 rings (SSSR count). The topological polar surface area (TPSA) is 59.4 Å². The lowest BCUT2D eigenvalue weighted by molar-refractivity contribution is -0.126. The third kappa shape index (κ3) is 3.99. The monoisotopic (exact) mass is 432 g/mol. The second-order valence-corrected chi connectivity index (χ2v) is 9.34. The summed E-state index contributed by atoms with van der Waals surface area (Å²) in [7, 11) is 0. The summed E-state index contributed by atoms with van der Waals surface area (Å²) in [5, 5.41) is 3.18. The van der Waals surface area contributed by atoms with Crippen molar-refractivity contribution >= 4 is 22.9 Å². The first-order valence-corrected chi connectivity index (χ1v) is 11.7. The van der Waals surface area contributed by atoms with Gasteiger partial charge < -0.3 is 15.0 Å². The first-order valence-electron chi connectivity index (χ1n) is 11.7. The fraction of sp³-hybridized carbons (Fsp3) is 0.462. The molecule has 0 radical (unpaired) electrons. The largest absolute Gasteiger partial charge is 0.379 e. The number of aromatic nitrogens is 2. The Morgan fingerprint density at radius 3 is 2.44 bits per heavy atom. The van der Waals surface area contributed by atoms with E-state index in [1.807, 2.05) is 0 Å². The summed E-state index contributed by atoms with van der Waals surface area (Å²) in [6, 6.07) is 13.2. The normalized spacial score (nSPS) is 19.6. The van der Waals surface area contributed by atoms with E-state index in [0.29, 0.717) is 6.61 Å². The number of imidazole rings is 1. The molecule has 3 heterocycles. The number of benzene rings is 2. The van der Waals surface area contributed by atoms with Gasteiger partial charge in [-0.3, -0.25) is 9.36 Å². The van der Waals surface area contributed by atoms with Crippen LogP contribution in [0.15, 0.2) is 36.4 Å². The molecule has 1 aromatic heterocycles. The van der Waals surface area contributed by atoms with Crippen molar-refractivity contribution < 1.29 is 9.53 Å². The van der Waals surface area contributed by atoms with Crippen LogP contribution in [-0.2, 0) is 9.53 Å². The average molecular weight is 433 g/mol. The summed E-state index contributed by atoms with van der Waals surface area (Å²) in [6.07, 6.45) is 2.60. The number of nitrogens with zero attached hydrogens (tertiary/aromatic N) is 3. The second-order valence-electron chi connectivity index (χ2n) is 9.34. The van der Waals surface area contributed by atoms with Gasteiger partial charge >= 0.3 is 0 Å². The molecule has 0 spiro atoms. The zero-order valence-electron chi connectivity index (χ0n) is 19.2. The number of fused-ring (bicyclic) bond motifs is 1. The number of carbonyl (C=O) groups excluding carboxylic acids is 1. The summed E-state index contributed by atoms with van der Waals surface area (Å²) in [6.45, 7) is 9.44. The van der Waals surface area contributed by atoms with E-state index in [1.54, 1.807) is 0 Å². The molecular weight excluding hydrogens is 400 g/mol. The van der Waals surface area contributed by atoms with Crippen molar-refractivity contribution in [2.75, 3.05) is 31.2 Å². The first kappa shape index (κ1) is 21.0. The van der Waals surface area contributed by atoms with E-state index < -0.39 is 0 Å². The molecule has 1 amide bonds. The van der Waals surface area contributed by atoms with E-state index in [2.05, 4.69) is 72.0 Å². The molecule has 1 N–H and O–H groups in total. The van der Waals surface area contributed by atoms with Gasteiger partial charge in [0.1, 0.15) is 0 Å². The van der Waals surface area contributed by atoms with Gasteiger partial charge in [0.2, 0.25) is 11.9 Å². The van der Waals surface area contributed by atoms with Gasteiger partial charge in [0.15, 0.2) is 0 Å². The molecule has 168 valence electrons.